The molecule has 0 aliphatic carbocycles. The number of aromatic nitrogens is 2. The zero-order chi connectivity index (χ0) is 14.0. The first kappa shape index (κ1) is 13.6. The first-order chi connectivity index (χ1) is 8.87. The van der Waals surface area contributed by atoms with Crippen LogP contribution in [0.25, 0.3) is 10.6 Å². The fourth-order valence-corrected chi connectivity index (χ4v) is 2.89. The van der Waals surface area contributed by atoms with Crippen molar-refractivity contribution in [1.82, 2.24) is 14.7 Å². The highest BCUT2D eigenvalue weighted by atomic mass is 32.2. The van der Waals surface area contributed by atoms with Gasteiger partial charge in [0.1, 0.15) is 9.88 Å². The number of nitrogens with one attached hydrogen (secondary N) is 1. The van der Waals surface area contributed by atoms with Crippen molar-refractivity contribution in [2.24, 2.45) is 0 Å². The number of amides is 1. The molecular weight excluding hydrogens is 286 g/mol. The van der Waals surface area contributed by atoms with Gasteiger partial charge in [0.15, 0.2) is 0 Å². The van der Waals surface area contributed by atoms with Gasteiger partial charge in [0, 0.05) is 18.0 Å². The van der Waals surface area contributed by atoms with Crippen LogP contribution in [-0.2, 0) is 10.0 Å². The fraction of sp³-hybridized carbons (Fsp3) is 0.182. The number of rotatable bonds is 3. The molecule has 6 nitrogen and oxygen atoms in total. The zero-order valence-corrected chi connectivity index (χ0v) is 11.9. The molecular formula is C11H11N3O3S2. The Kier molecular flexibility index (Phi) is 3.63. The number of pyridine rings is 1. The van der Waals surface area contributed by atoms with Gasteiger partial charge in [0.2, 0.25) is 10.0 Å². The Hall–Kier alpha value is -1.80. The number of nitrogens with zero attached hydrogens (tertiary/aromatic N) is 2. The molecule has 2 heterocycles. The van der Waals surface area contributed by atoms with Gasteiger partial charge < -0.3 is 0 Å². The SMILES string of the molecule is Cc1nc(-c2cccnc2)sc1C(=O)NS(C)(=O)=O. The number of carbonyl (C=O) groups excluding carboxylic acids is 1. The average molecular weight is 297 g/mol. The molecule has 1 amide bonds. The topological polar surface area (TPSA) is 89.0 Å². The van der Waals surface area contributed by atoms with Crippen molar-refractivity contribution < 1.29 is 13.2 Å². The lowest BCUT2D eigenvalue weighted by molar-refractivity contribution is 0.0985. The van der Waals surface area contributed by atoms with Crippen molar-refractivity contribution in [3.8, 4) is 10.6 Å². The van der Waals surface area contributed by atoms with E-state index in [1.807, 2.05) is 10.8 Å². The molecule has 0 saturated carbocycles. The van der Waals surface area contributed by atoms with Gasteiger partial charge in [-0.05, 0) is 19.1 Å². The Labute approximate surface area is 114 Å². The molecule has 0 saturated heterocycles. The summed E-state index contributed by atoms with van der Waals surface area (Å²) in [5.41, 5.74) is 1.28. The minimum absolute atomic E-state index is 0.282. The Balaban J connectivity index is 2.35. The Morgan fingerprint density at radius 1 is 1.42 bits per heavy atom. The van der Waals surface area contributed by atoms with Crippen molar-refractivity contribution >= 4 is 27.3 Å². The first-order valence-electron chi connectivity index (χ1n) is 5.27. The van der Waals surface area contributed by atoms with Crippen LogP contribution >= 0.6 is 11.3 Å². The maximum Gasteiger partial charge on any atom is 0.276 e. The van der Waals surface area contributed by atoms with Crippen LogP contribution in [0, 0.1) is 6.92 Å². The Morgan fingerprint density at radius 2 is 2.16 bits per heavy atom. The van der Waals surface area contributed by atoms with Gasteiger partial charge in [-0.1, -0.05) is 0 Å². The van der Waals surface area contributed by atoms with Crippen molar-refractivity contribution in [2.75, 3.05) is 6.26 Å². The third-order valence-corrected chi connectivity index (χ3v) is 3.95. The lowest BCUT2D eigenvalue weighted by atomic mass is 10.3. The standard InChI is InChI=1S/C11H11N3O3S2/c1-7-9(10(15)14-19(2,16)17)18-11(13-7)8-4-3-5-12-6-8/h3-6H,1-2H3,(H,14,15). The zero-order valence-electron chi connectivity index (χ0n) is 10.2. The molecule has 2 rings (SSSR count). The lowest BCUT2D eigenvalue weighted by Crippen LogP contribution is -2.29. The van der Waals surface area contributed by atoms with E-state index < -0.39 is 15.9 Å². The highest BCUT2D eigenvalue weighted by Crippen LogP contribution is 2.27. The quantitative estimate of drug-likeness (QED) is 0.919. The number of sulfonamides is 1. The molecule has 1 N–H and O–H groups in total. The third-order valence-electron chi connectivity index (χ3n) is 2.19. The molecule has 0 aromatic carbocycles. The van der Waals surface area contributed by atoms with Crippen LogP contribution in [0.4, 0.5) is 0 Å². The molecule has 0 atom stereocenters. The van der Waals surface area contributed by atoms with Gasteiger partial charge in [0.25, 0.3) is 5.91 Å². The molecule has 0 unspecified atom stereocenters. The molecule has 2 aromatic heterocycles. The van der Waals surface area contributed by atoms with Crippen LogP contribution in [0.3, 0.4) is 0 Å². The maximum atomic E-state index is 11.8. The van der Waals surface area contributed by atoms with Crippen LogP contribution < -0.4 is 4.72 Å². The molecule has 100 valence electrons. The van der Waals surface area contributed by atoms with E-state index in [1.165, 1.54) is 0 Å². The summed E-state index contributed by atoms with van der Waals surface area (Å²) in [5.74, 6) is -0.660. The summed E-state index contributed by atoms with van der Waals surface area (Å²) in [6.45, 7) is 1.66. The normalized spacial score (nSPS) is 11.3. The van der Waals surface area contributed by atoms with E-state index >= 15 is 0 Å². The third kappa shape index (κ3) is 3.36. The van der Waals surface area contributed by atoms with Gasteiger partial charge in [-0.3, -0.25) is 9.78 Å². The average Bonchev–Trinajstić information content (AvgIpc) is 2.70. The molecule has 0 spiro atoms. The second-order valence-electron chi connectivity index (χ2n) is 3.88. The molecule has 2 aromatic rings. The summed E-state index contributed by atoms with van der Waals surface area (Å²) in [4.78, 5) is 20.3. The van der Waals surface area contributed by atoms with E-state index in [0.717, 1.165) is 23.2 Å². The van der Waals surface area contributed by atoms with Crippen molar-refractivity contribution in [3.63, 3.8) is 0 Å². The highest BCUT2D eigenvalue weighted by molar-refractivity contribution is 7.89. The smallest absolute Gasteiger partial charge is 0.267 e. The summed E-state index contributed by atoms with van der Waals surface area (Å²) < 4.78 is 24.0. The van der Waals surface area contributed by atoms with Gasteiger partial charge in [0.05, 0.1) is 11.9 Å². The molecule has 0 aliphatic heterocycles. The number of hydrogen-bond acceptors (Lipinski definition) is 6. The Morgan fingerprint density at radius 3 is 2.74 bits per heavy atom. The molecule has 19 heavy (non-hydrogen) atoms. The number of hydrogen-bond donors (Lipinski definition) is 1. The van der Waals surface area contributed by atoms with Crippen LogP contribution in [0.1, 0.15) is 15.4 Å². The molecule has 8 heteroatoms. The molecule has 0 fully saturated rings. The largest absolute Gasteiger partial charge is 0.276 e. The van der Waals surface area contributed by atoms with Gasteiger partial charge in [-0.2, -0.15) is 0 Å². The monoisotopic (exact) mass is 297 g/mol. The van der Waals surface area contributed by atoms with Crippen LogP contribution in [0.15, 0.2) is 24.5 Å². The Bertz CT molecular complexity index is 708. The van der Waals surface area contributed by atoms with Crippen molar-refractivity contribution in [1.29, 1.82) is 0 Å². The maximum absolute atomic E-state index is 11.8. The summed E-state index contributed by atoms with van der Waals surface area (Å²) in [5, 5.41) is 0.629. The highest BCUT2D eigenvalue weighted by Gasteiger charge is 2.18. The summed E-state index contributed by atoms with van der Waals surface area (Å²) in [7, 11) is -3.58. The summed E-state index contributed by atoms with van der Waals surface area (Å²) in [6, 6.07) is 3.59. The minimum atomic E-state index is -3.58. The summed E-state index contributed by atoms with van der Waals surface area (Å²) >= 11 is 1.13. The number of aryl methyl sites for hydroxylation is 1. The first-order valence-corrected chi connectivity index (χ1v) is 7.97. The fourth-order valence-electron chi connectivity index (χ4n) is 1.43. The van der Waals surface area contributed by atoms with Gasteiger partial charge in [-0.25, -0.2) is 18.1 Å². The summed E-state index contributed by atoms with van der Waals surface area (Å²) in [6.07, 6.45) is 4.21. The number of carbonyl (C=O) groups is 1. The van der Waals surface area contributed by atoms with E-state index in [4.69, 9.17) is 0 Å². The van der Waals surface area contributed by atoms with E-state index in [-0.39, 0.29) is 4.88 Å². The van der Waals surface area contributed by atoms with Crippen LogP contribution in [-0.4, -0.2) is 30.5 Å². The second-order valence-corrected chi connectivity index (χ2v) is 6.63. The molecule has 0 bridgehead atoms. The predicted molar refractivity (Wildman–Crippen MR) is 72.4 cm³/mol. The van der Waals surface area contributed by atoms with E-state index in [2.05, 4.69) is 9.97 Å². The van der Waals surface area contributed by atoms with E-state index in [0.29, 0.717) is 10.7 Å². The van der Waals surface area contributed by atoms with E-state index in [1.54, 1.807) is 25.4 Å². The molecule has 0 radical (unpaired) electrons. The number of thiazole rings is 1. The van der Waals surface area contributed by atoms with Gasteiger partial charge >= 0.3 is 0 Å². The molecule has 0 aliphatic rings. The lowest BCUT2D eigenvalue weighted by Gasteiger charge is -1.99. The van der Waals surface area contributed by atoms with Crippen molar-refractivity contribution in [3.05, 3.63) is 35.1 Å². The van der Waals surface area contributed by atoms with Crippen molar-refractivity contribution in [2.45, 2.75) is 6.92 Å². The van der Waals surface area contributed by atoms with E-state index in [9.17, 15) is 13.2 Å². The van der Waals surface area contributed by atoms with Crippen LogP contribution in [0.5, 0.6) is 0 Å². The van der Waals surface area contributed by atoms with Gasteiger partial charge in [-0.15, -0.1) is 11.3 Å². The minimum Gasteiger partial charge on any atom is -0.267 e. The second kappa shape index (κ2) is 5.06. The predicted octanol–water partition coefficient (Wildman–Crippen LogP) is 1.20. The van der Waals surface area contributed by atoms with Crippen LogP contribution in [0.2, 0.25) is 0 Å².